The van der Waals surface area contributed by atoms with E-state index < -0.39 is 10.9 Å². The number of hydrogen-bond acceptors (Lipinski definition) is 5. The summed E-state index contributed by atoms with van der Waals surface area (Å²) in [5, 5.41) is 8.81. The molecule has 0 heterocycles. The second kappa shape index (κ2) is 9.37. The fourth-order valence-electron chi connectivity index (χ4n) is 0.376. The lowest BCUT2D eigenvalue weighted by molar-refractivity contribution is -0.445. The molecule has 0 amide bonds. The molecule has 0 spiro atoms. The average molecular weight is 203 g/mol. The van der Waals surface area contributed by atoms with Gasteiger partial charge in [0.1, 0.15) is 0 Å². The topological polar surface area (TPSA) is 86.5 Å². The van der Waals surface area contributed by atoms with E-state index in [-0.39, 0.29) is 5.78 Å². The molecule has 0 aromatic heterocycles. The number of nitrogens with zero attached hydrogens (tertiary/aromatic N) is 1. The number of carbonyl (C=O) groups is 2. The van der Waals surface area contributed by atoms with Crippen molar-refractivity contribution in [3.63, 3.8) is 0 Å². The Bertz CT molecular complexity index is 230. The van der Waals surface area contributed by atoms with Crippen LogP contribution < -0.4 is 0 Å². The van der Waals surface area contributed by atoms with E-state index in [9.17, 15) is 9.59 Å². The number of ether oxygens (including phenoxy) is 1. The van der Waals surface area contributed by atoms with Crippen LogP contribution in [0.4, 0.5) is 0 Å². The molecule has 0 N–H and O–H groups in total. The summed E-state index contributed by atoms with van der Waals surface area (Å²) in [5.41, 5.74) is 0. The molecule has 14 heavy (non-hydrogen) atoms. The lowest BCUT2D eigenvalue weighted by Gasteiger charge is -1.92. The molecule has 0 aromatic rings. The monoisotopic (exact) mass is 203 g/mol. The van der Waals surface area contributed by atoms with E-state index >= 15 is 0 Å². The summed E-state index contributed by atoms with van der Waals surface area (Å²) in [6, 6.07) is 0. The fraction of sp³-hybridized carbons (Fsp3) is 0.500. The van der Waals surface area contributed by atoms with Gasteiger partial charge in [0, 0.05) is 11.0 Å². The Kier molecular flexibility index (Phi) is 9.89. The predicted molar refractivity (Wildman–Crippen MR) is 49.4 cm³/mol. The molecule has 0 aromatic carbocycles. The molecular weight excluding hydrogens is 190 g/mol. The zero-order valence-electron chi connectivity index (χ0n) is 8.35. The number of carbonyl (C=O) groups excluding carboxylic acids is 2. The minimum atomic E-state index is -0.500. The van der Waals surface area contributed by atoms with Gasteiger partial charge >= 0.3 is 5.97 Å². The maximum absolute atomic E-state index is 10.5. The van der Waals surface area contributed by atoms with E-state index in [4.69, 9.17) is 10.1 Å². The Balaban J connectivity index is 0. The summed E-state index contributed by atoms with van der Waals surface area (Å²) in [5.74, 6) is -0.634. The Morgan fingerprint density at radius 2 is 1.86 bits per heavy atom. The van der Waals surface area contributed by atoms with Crippen LogP contribution in [-0.2, 0) is 14.3 Å². The second-order valence-electron chi connectivity index (χ2n) is 2.14. The lowest BCUT2D eigenvalue weighted by Crippen LogP contribution is -1.99. The van der Waals surface area contributed by atoms with Gasteiger partial charge in [-0.1, -0.05) is 0 Å². The number of esters is 1. The Morgan fingerprint density at radius 3 is 2.14 bits per heavy atom. The van der Waals surface area contributed by atoms with E-state index in [0.29, 0.717) is 6.61 Å². The highest BCUT2D eigenvalue weighted by Crippen LogP contribution is 1.81. The molecule has 0 atom stereocenters. The molecule has 0 saturated heterocycles. The molecule has 0 fully saturated rings. The van der Waals surface area contributed by atoms with Crippen molar-refractivity contribution in [3.8, 4) is 0 Å². The maximum atomic E-state index is 10.5. The Morgan fingerprint density at radius 1 is 1.43 bits per heavy atom. The van der Waals surface area contributed by atoms with E-state index in [1.165, 1.54) is 13.0 Å². The van der Waals surface area contributed by atoms with Gasteiger partial charge in [0.15, 0.2) is 12.8 Å². The van der Waals surface area contributed by atoms with Gasteiger partial charge in [0.2, 0.25) is 0 Å². The first-order valence-corrected chi connectivity index (χ1v) is 3.83. The molecule has 0 bridgehead atoms. The highest BCUT2D eigenvalue weighted by molar-refractivity contribution is 5.94. The normalized spacial score (nSPS) is 8.79. The van der Waals surface area contributed by atoms with Crippen LogP contribution in [0.1, 0.15) is 13.8 Å². The number of ketones is 1. The van der Waals surface area contributed by atoms with Gasteiger partial charge in [-0.05, 0) is 19.9 Å². The van der Waals surface area contributed by atoms with E-state index in [1.54, 1.807) is 6.92 Å². The Hall–Kier alpha value is -1.72. The average Bonchev–Trinajstić information content (AvgIpc) is 2.00. The van der Waals surface area contributed by atoms with Crippen LogP contribution in [0, 0.1) is 10.1 Å². The van der Waals surface area contributed by atoms with Crippen LogP contribution in [0.25, 0.3) is 0 Å². The van der Waals surface area contributed by atoms with Gasteiger partial charge in [-0.3, -0.25) is 14.9 Å². The third-order valence-electron chi connectivity index (χ3n) is 0.741. The van der Waals surface area contributed by atoms with Crippen molar-refractivity contribution in [2.45, 2.75) is 13.8 Å². The van der Waals surface area contributed by atoms with Crippen molar-refractivity contribution in [3.05, 3.63) is 22.3 Å². The fourth-order valence-corrected chi connectivity index (χ4v) is 0.376. The minimum Gasteiger partial charge on any atom is -0.463 e. The first kappa shape index (κ1) is 14.8. The van der Waals surface area contributed by atoms with Crippen molar-refractivity contribution in [2.75, 3.05) is 13.7 Å². The molecule has 0 aliphatic rings. The number of nitro groups is 1. The maximum Gasteiger partial charge on any atom is 0.330 e. The van der Waals surface area contributed by atoms with Crippen LogP contribution in [0.15, 0.2) is 12.2 Å². The van der Waals surface area contributed by atoms with E-state index in [0.717, 1.165) is 13.1 Å². The van der Waals surface area contributed by atoms with Crippen molar-refractivity contribution in [2.24, 2.45) is 0 Å². The quantitative estimate of drug-likeness (QED) is 0.290. The smallest absolute Gasteiger partial charge is 0.330 e. The molecule has 0 aliphatic heterocycles. The largest absolute Gasteiger partial charge is 0.463 e. The van der Waals surface area contributed by atoms with Gasteiger partial charge in [0.05, 0.1) is 6.61 Å². The summed E-state index contributed by atoms with van der Waals surface area (Å²) in [6.07, 6.45) is 2.30. The third-order valence-corrected chi connectivity index (χ3v) is 0.741. The van der Waals surface area contributed by atoms with Crippen LogP contribution in [0.2, 0.25) is 0 Å². The van der Waals surface area contributed by atoms with Crippen molar-refractivity contribution in [1.29, 1.82) is 0 Å². The predicted octanol–water partition coefficient (Wildman–Crippen LogP) is 0.588. The summed E-state index contributed by atoms with van der Waals surface area (Å²) < 4.78 is 4.51. The van der Waals surface area contributed by atoms with Crippen molar-refractivity contribution >= 4 is 11.8 Å². The van der Waals surface area contributed by atoms with E-state index in [2.05, 4.69) is 4.74 Å². The number of allylic oxidation sites excluding steroid dienone is 1. The van der Waals surface area contributed by atoms with Gasteiger partial charge in [0.25, 0.3) is 0 Å². The number of rotatable bonds is 3. The van der Waals surface area contributed by atoms with Crippen LogP contribution in [0.5, 0.6) is 0 Å². The number of hydrogen-bond donors (Lipinski definition) is 0. The Labute approximate surface area is 81.7 Å². The SMILES string of the molecule is CCOC(=O)/C=C/C(C)=O.C[N+](=O)[O-]. The summed E-state index contributed by atoms with van der Waals surface area (Å²) in [4.78, 5) is 29.0. The van der Waals surface area contributed by atoms with Crippen LogP contribution >= 0.6 is 0 Å². The molecule has 0 rings (SSSR count). The third kappa shape index (κ3) is 22.4. The zero-order chi connectivity index (χ0) is 11.6. The molecular formula is C8H13NO5. The summed E-state index contributed by atoms with van der Waals surface area (Å²) >= 11 is 0. The molecule has 0 saturated carbocycles. The van der Waals surface area contributed by atoms with Gasteiger partial charge in [-0.2, -0.15) is 0 Å². The van der Waals surface area contributed by atoms with Crippen molar-refractivity contribution < 1.29 is 19.2 Å². The zero-order valence-corrected chi connectivity index (χ0v) is 8.35. The molecule has 0 aliphatic carbocycles. The second-order valence-corrected chi connectivity index (χ2v) is 2.14. The molecule has 6 heteroatoms. The van der Waals surface area contributed by atoms with Crippen LogP contribution in [-0.4, -0.2) is 30.3 Å². The summed E-state index contributed by atoms with van der Waals surface area (Å²) in [6.45, 7) is 3.41. The lowest BCUT2D eigenvalue weighted by atomic mass is 10.4. The van der Waals surface area contributed by atoms with Gasteiger partial charge in [-0.25, -0.2) is 4.79 Å². The first-order valence-electron chi connectivity index (χ1n) is 3.83. The first-order chi connectivity index (χ1) is 6.40. The summed E-state index contributed by atoms with van der Waals surface area (Å²) in [7, 11) is 0.889. The molecule has 80 valence electrons. The van der Waals surface area contributed by atoms with Crippen LogP contribution in [0.3, 0.4) is 0 Å². The standard InChI is InChI=1S/C7H10O3.CH3NO2/c1-3-10-7(9)5-4-6(2)8;1-2(3)4/h4-5H,3H2,1-2H3;1H3/b5-4+;. The van der Waals surface area contributed by atoms with Gasteiger partial charge < -0.3 is 4.74 Å². The van der Waals surface area contributed by atoms with Gasteiger partial charge in [-0.15, -0.1) is 0 Å². The molecule has 0 radical (unpaired) electrons. The highest BCUT2D eigenvalue weighted by Gasteiger charge is 1.92. The van der Waals surface area contributed by atoms with E-state index in [1.807, 2.05) is 0 Å². The minimum absolute atomic E-state index is 0.159. The van der Waals surface area contributed by atoms with Crippen molar-refractivity contribution in [1.82, 2.24) is 0 Å². The highest BCUT2D eigenvalue weighted by atomic mass is 16.6. The molecule has 6 nitrogen and oxygen atoms in total. The molecule has 0 unspecified atom stereocenters.